The summed E-state index contributed by atoms with van der Waals surface area (Å²) in [6.45, 7) is 0. The molecule has 0 N–H and O–H groups in total. The number of aromatic nitrogens is 1. The average Bonchev–Trinajstić information content (AvgIpc) is 1.77. The van der Waals surface area contributed by atoms with Gasteiger partial charge in [-0.2, -0.15) is 0 Å². The first-order chi connectivity index (χ1) is 3.80. The predicted octanol–water partition coefficient (Wildman–Crippen LogP) is 1.12. The lowest BCUT2D eigenvalue weighted by Gasteiger charge is -1.78. The molecule has 0 aliphatic heterocycles. The third-order valence-corrected chi connectivity index (χ3v) is 1.04. The van der Waals surface area contributed by atoms with E-state index in [2.05, 4.69) is 0 Å². The Balaban J connectivity index is 3.13. The van der Waals surface area contributed by atoms with Crippen molar-refractivity contribution in [2.24, 2.45) is 0 Å². The lowest BCUT2D eigenvalue weighted by molar-refractivity contribution is -0.555. The standard InChI is InChI=1S/C5H4ClFN/c6-8-4-2-1-3-5(8)7/h1-4H/q+1. The number of hydrogen-bond donors (Lipinski definition) is 0. The minimum Gasteiger partial charge on any atom is -0.134 e. The lowest BCUT2D eigenvalue weighted by atomic mass is 10.5. The second kappa shape index (κ2) is 2.09. The SMILES string of the molecule is Fc1cccc[n+]1Cl. The summed E-state index contributed by atoms with van der Waals surface area (Å²) in [5, 5.41) is 0. The number of pyridine rings is 1. The van der Waals surface area contributed by atoms with Gasteiger partial charge in [0.15, 0.2) is 6.20 Å². The summed E-state index contributed by atoms with van der Waals surface area (Å²) >= 11 is 5.25. The summed E-state index contributed by atoms with van der Waals surface area (Å²) in [7, 11) is 0. The quantitative estimate of drug-likeness (QED) is 0.466. The minimum absolute atomic E-state index is 0.450. The van der Waals surface area contributed by atoms with E-state index in [1.807, 2.05) is 0 Å². The smallest absolute Gasteiger partial charge is 0.134 e. The van der Waals surface area contributed by atoms with Gasteiger partial charge in [0.25, 0.3) is 11.8 Å². The Kier molecular flexibility index (Phi) is 1.44. The van der Waals surface area contributed by atoms with Gasteiger partial charge in [-0.15, -0.1) is 4.39 Å². The van der Waals surface area contributed by atoms with E-state index in [1.165, 1.54) is 12.3 Å². The third-order valence-electron chi connectivity index (χ3n) is 0.766. The maximum Gasteiger partial charge on any atom is 0.380 e. The number of rotatable bonds is 0. The van der Waals surface area contributed by atoms with E-state index in [1.54, 1.807) is 12.1 Å². The van der Waals surface area contributed by atoms with Gasteiger partial charge in [-0.3, -0.25) is 0 Å². The topological polar surface area (TPSA) is 3.88 Å². The maximum atomic E-state index is 12.1. The largest absolute Gasteiger partial charge is 0.380 e. The molecule has 1 aromatic rings. The highest BCUT2D eigenvalue weighted by Gasteiger charge is 2.01. The molecule has 1 rings (SSSR count). The van der Waals surface area contributed by atoms with E-state index in [0.717, 1.165) is 4.09 Å². The molecule has 0 atom stereocenters. The van der Waals surface area contributed by atoms with Crippen LogP contribution in [0.25, 0.3) is 0 Å². The Hall–Kier alpha value is -0.630. The van der Waals surface area contributed by atoms with E-state index < -0.39 is 5.95 Å². The van der Waals surface area contributed by atoms with Crippen molar-refractivity contribution in [2.75, 3.05) is 0 Å². The zero-order valence-electron chi connectivity index (χ0n) is 4.01. The van der Waals surface area contributed by atoms with Crippen molar-refractivity contribution in [2.45, 2.75) is 0 Å². The normalized spacial score (nSPS) is 9.25. The van der Waals surface area contributed by atoms with Gasteiger partial charge in [0, 0.05) is 12.1 Å². The number of halogens is 2. The first kappa shape index (κ1) is 5.51. The van der Waals surface area contributed by atoms with Gasteiger partial charge in [0.05, 0.1) is 0 Å². The summed E-state index contributed by atoms with van der Waals surface area (Å²) in [5.41, 5.74) is 0. The average molecular weight is 133 g/mol. The molecule has 0 saturated heterocycles. The van der Waals surface area contributed by atoms with Crippen LogP contribution in [-0.2, 0) is 0 Å². The Bertz CT molecular complexity index is 169. The Morgan fingerprint density at radius 1 is 1.50 bits per heavy atom. The van der Waals surface area contributed by atoms with Crippen LogP contribution in [0.4, 0.5) is 4.39 Å². The van der Waals surface area contributed by atoms with E-state index in [0.29, 0.717) is 0 Å². The number of nitrogens with zero attached hydrogens (tertiary/aromatic N) is 1. The fourth-order valence-corrected chi connectivity index (χ4v) is 0.524. The fraction of sp³-hybridized carbons (Fsp3) is 0. The zero-order chi connectivity index (χ0) is 5.98. The maximum absolute atomic E-state index is 12.1. The summed E-state index contributed by atoms with van der Waals surface area (Å²) in [6.07, 6.45) is 1.43. The molecule has 0 radical (unpaired) electrons. The van der Waals surface area contributed by atoms with Crippen LogP contribution in [0, 0.1) is 5.95 Å². The van der Waals surface area contributed by atoms with E-state index in [9.17, 15) is 4.39 Å². The van der Waals surface area contributed by atoms with Crippen LogP contribution in [0.2, 0.25) is 0 Å². The Morgan fingerprint density at radius 3 is 2.62 bits per heavy atom. The van der Waals surface area contributed by atoms with Gasteiger partial charge in [0.2, 0.25) is 0 Å². The molecule has 0 aliphatic carbocycles. The van der Waals surface area contributed by atoms with Crippen molar-refractivity contribution in [1.29, 1.82) is 0 Å². The van der Waals surface area contributed by atoms with Crippen LogP contribution < -0.4 is 4.09 Å². The lowest BCUT2D eigenvalue weighted by Crippen LogP contribution is -2.23. The van der Waals surface area contributed by atoms with Gasteiger partial charge >= 0.3 is 5.95 Å². The summed E-state index contributed by atoms with van der Waals surface area (Å²) in [5.74, 6) is -0.450. The van der Waals surface area contributed by atoms with E-state index in [4.69, 9.17) is 11.8 Å². The first-order valence-corrected chi connectivity index (χ1v) is 2.47. The molecule has 0 aromatic carbocycles. The molecule has 0 amide bonds. The Morgan fingerprint density at radius 2 is 2.25 bits per heavy atom. The van der Waals surface area contributed by atoms with Crippen LogP contribution in [0.1, 0.15) is 0 Å². The van der Waals surface area contributed by atoms with Gasteiger partial charge in [-0.05, 0) is 6.07 Å². The van der Waals surface area contributed by atoms with Crippen molar-refractivity contribution in [3.8, 4) is 0 Å². The van der Waals surface area contributed by atoms with Gasteiger partial charge < -0.3 is 0 Å². The van der Waals surface area contributed by atoms with Crippen LogP contribution >= 0.6 is 11.8 Å². The molecule has 1 aromatic heterocycles. The highest BCUT2D eigenvalue weighted by Crippen LogP contribution is 1.86. The molecular weight excluding hydrogens is 129 g/mol. The molecule has 3 heteroatoms. The van der Waals surface area contributed by atoms with Gasteiger partial charge in [-0.1, -0.05) is 4.09 Å². The highest BCUT2D eigenvalue weighted by atomic mass is 35.5. The first-order valence-electron chi connectivity index (χ1n) is 2.13. The fourth-order valence-electron chi connectivity index (χ4n) is 0.403. The Labute approximate surface area is 51.4 Å². The summed E-state index contributed by atoms with van der Waals surface area (Å²) < 4.78 is 13.0. The minimum atomic E-state index is -0.450. The second-order valence-electron chi connectivity index (χ2n) is 1.33. The molecule has 0 unspecified atom stereocenters. The van der Waals surface area contributed by atoms with Gasteiger partial charge in [-0.25, -0.2) is 0 Å². The molecule has 0 fully saturated rings. The van der Waals surface area contributed by atoms with E-state index >= 15 is 0 Å². The van der Waals surface area contributed by atoms with Crippen LogP contribution in [0.15, 0.2) is 24.4 Å². The molecule has 42 valence electrons. The molecule has 1 nitrogen and oxygen atoms in total. The van der Waals surface area contributed by atoms with Crippen molar-refractivity contribution in [1.82, 2.24) is 0 Å². The van der Waals surface area contributed by atoms with E-state index in [-0.39, 0.29) is 0 Å². The molecule has 1 heterocycles. The van der Waals surface area contributed by atoms with Crippen molar-refractivity contribution < 1.29 is 8.48 Å². The molecule has 0 bridgehead atoms. The third kappa shape index (κ3) is 0.954. The summed E-state index contributed by atoms with van der Waals surface area (Å²) in [6, 6.07) is 4.51. The molecule has 8 heavy (non-hydrogen) atoms. The zero-order valence-corrected chi connectivity index (χ0v) is 4.77. The molecule has 0 spiro atoms. The van der Waals surface area contributed by atoms with Gasteiger partial charge in [0.1, 0.15) is 0 Å². The highest BCUT2D eigenvalue weighted by molar-refractivity contribution is 6.04. The van der Waals surface area contributed by atoms with Crippen LogP contribution in [0.3, 0.4) is 0 Å². The number of hydrogen-bond acceptors (Lipinski definition) is 0. The van der Waals surface area contributed by atoms with Crippen molar-refractivity contribution in [3.63, 3.8) is 0 Å². The van der Waals surface area contributed by atoms with Crippen molar-refractivity contribution >= 4 is 11.8 Å². The van der Waals surface area contributed by atoms with Crippen LogP contribution in [0.5, 0.6) is 0 Å². The monoisotopic (exact) mass is 132 g/mol. The second-order valence-corrected chi connectivity index (χ2v) is 1.70. The predicted molar refractivity (Wildman–Crippen MR) is 27.8 cm³/mol. The van der Waals surface area contributed by atoms with Crippen molar-refractivity contribution in [3.05, 3.63) is 30.3 Å². The molecule has 0 aliphatic rings. The molecule has 0 saturated carbocycles. The summed E-state index contributed by atoms with van der Waals surface area (Å²) in [4.78, 5) is 0. The molecular formula is C5H4ClFN+. The van der Waals surface area contributed by atoms with Crippen LogP contribution in [-0.4, -0.2) is 0 Å².